The molecule has 0 aliphatic carbocycles. The first-order chi connectivity index (χ1) is 19.2. The molecular weight excluding hydrogens is 534 g/mol. The number of fused-ring (bicyclic) bond motifs is 1. The summed E-state index contributed by atoms with van der Waals surface area (Å²) < 4.78 is 0. The average Bonchev–Trinajstić information content (AvgIpc) is 3.36. The first-order valence-corrected chi connectivity index (χ1v) is 14.2. The third-order valence-corrected chi connectivity index (χ3v) is 7.06. The van der Waals surface area contributed by atoms with E-state index < -0.39 is 54.5 Å². The van der Waals surface area contributed by atoms with Gasteiger partial charge in [-0.25, -0.2) is 4.79 Å². The smallest absolute Gasteiger partial charge is 0.326 e. The third-order valence-electron chi connectivity index (χ3n) is 6.41. The van der Waals surface area contributed by atoms with E-state index in [2.05, 4.69) is 20.9 Å². The van der Waals surface area contributed by atoms with Gasteiger partial charge in [-0.05, 0) is 35.6 Å². The largest absolute Gasteiger partial charge is 0.480 e. The summed E-state index contributed by atoms with van der Waals surface area (Å²) in [6, 6.07) is 11.6. The summed E-state index contributed by atoms with van der Waals surface area (Å²) in [6.45, 7) is -0.722. The average molecular weight is 570 g/mol. The van der Waals surface area contributed by atoms with Crippen LogP contribution in [0.4, 0.5) is 0 Å². The van der Waals surface area contributed by atoms with E-state index in [1.807, 2.05) is 30.5 Å². The van der Waals surface area contributed by atoms with Crippen molar-refractivity contribution in [1.29, 1.82) is 0 Å². The van der Waals surface area contributed by atoms with Gasteiger partial charge in [0.1, 0.15) is 18.1 Å². The molecule has 3 rings (SSSR count). The highest BCUT2D eigenvalue weighted by molar-refractivity contribution is 7.98. The maximum absolute atomic E-state index is 13.4. The lowest BCUT2D eigenvalue weighted by Crippen LogP contribution is -2.58. The molecule has 0 aliphatic rings. The summed E-state index contributed by atoms with van der Waals surface area (Å²) in [7, 11) is 0. The van der Waals surface area contributed by atoms with E-state index in [0.29, 0.717) is 17.7 Å². The molecule has 2 aromatic carbocycles. The zero-order valence-corrected chi connectivity index (χ0v) is 22.9. The number of aliphatic hydroxyl groups excluding tert-OH is 1. The summed E-state index contributed by atoms with van der Waals surface area (Å²) in [4.78, 5) is 54.1. The number of nitrogens with one attached hydrogen (secondary N) is 4. The van der Waals surface area contributed by atoms with Crippen LogP contribution in [0.5, 0.6) is 0 Å². The number of carboxylic acid groups (broad SMARTS) is 1. The number of thioether (sulfide) groups is 1. The Morgan fingerprint density at radius 1 is 0.875 bits per heavy atom. The summed E-state index contributed by atoms with van der Waals surface area (Å²) in [5.41, 5.74) is 8.15. The molecule has 8 N–H and O–H groups in total. The number of carboxylic acids is 1. The van der Waals surface area contributed by atoms with Gasteiger partial charge in [-0.15, -0.1) is 0 Å². The van der Waals surface area contributed by atoms with Crippen molar-refractivity contribution in [3.05, 3.63) is 71.9 Å². The molecule has 0 radical (unpaired) electrons. The van der Waals surface area contributed by atoms with E-state index in [0.717, 1.165) is 16.5 Å². The molecule has 40 heavy (non-hydrogen) atoms. The Labute approximate surface area is 236 Å². The second-order valence-electron chi connectivity index (χ2n) is 9.35. The molecule has 4 atom stereocenters. The van der Waals surface area contributed by atoms with Crippen molar-refractivity contribution in [1.82, 2.24) is 20.9 Å². The Kier molecular flexibility index (Phi) is 11.5. The van der Waals surface area contributed by atoms with Crippen molar-refractivity contribution in [2.45, 2.75) is 43.4 Å². The second kappa shape index (κ2) is 15.1. The van der Waals surface area contributed by atoms with Crippen molar-refractivity contribution < 1.29 is 29.4 Å². The lowest BCUT2D eigenvalue weighted by Gasteiger charge is -2.24. The first kappa shape index (κ1) is 30.7. The molecular formula is C28H35N5O6S. The zero-order valence-electron chi connectivity index (χ0n) is 22.1. The Balaban J connectivity index is 1.80. The van der Waals surface area contributed by atoms with Gasteiger partial charge in [-0.3, -0.25) is 14.4 Å². The van der Waals surface area contributed by atoms with Crippen LogP contribution in [0.25, 0.3) is 10.9 Å². The molecule has 3 aromatic rings. The molecule has 0 bridgehead atoms. The molecule has 1 aromatic heterocycles. The van der Waals surface area contributed by atoms with Gasteiger partial charge in [0.15, 0.2) is 0 Å². The Morgan fingerprint density at radius 3 is 2.17 bits per heavy atom. The van der Waals surface area contributed by atoms with Crippen LogP contribution in [0.1, 0.15) is 17.5 Å². The number of rotatable bonds is 15. The molecule has 12 heteroatoms. The minimum Gasteiger partial charge on any atom is -0.480 e. The van der Waals surface area contributed by atoms with Crippen molar-refractivity contribution in [2.75, 3.05) is 18.6 Å². The van der Waals surface area contributed by atoms with Crippen LogP contribution < -0.4 is 21.7 Å². The van der Waals surface area contributed by atoms with Gasteiger partial charge in [-0.2, -0.15) is 11.8 Å². The van der Waals surface area contributed by atoms with Gasteiger partial charge in [-0.1, -0.05) is 48.5 Å². The topological polar surface area (TPSA) is 187 Å². The predicted molar refractivity (Wildman–Crippen MR) is 154 cm³/mol. The summed E-state index contributed by atoms with van der Waals surface area (Å²) in [6.07, 6.45) is 4.04. The molecule has 3 amide bonds. The Bertz CT molecular complexity index is 1300. The van der Waals surface area contributed by atoms with Gasteiger partial charge in [0, 0.05) is 29.9 Å². The van der Waals surface area contributed by atoms with E-state index >= 15 is 0 Å². The van der Waals surface area contributed by atoms with E-state index in [1.165, 1.54) is 11.8 Å². The van der Waals surface area contributed by atoms with Crippen LogP contribution in [-0.2, 0) is 32.0 Å². The number of H-pyrrole nitrogens is 1. The number of aliphatic carboxylic acids is 1. The highest BCUT2D eigenvalue weighted by Crippen LogP contribution is 2.19. The molecule has 0 saturated carbocycles. The van der Waals surface area contributed by atoms with Crippen LogP contribution in [0.2, 0.25) is 0 Å². The monoisotopic (exact) mass is 569 g/mol. The SMILES string of the molecule is CSCCC(N)C(=O)NC(CO)C(=O)NC(Cc1c[nH]c2ccccc12)C(=O)NC(Cc1ccccc1)C(=O)O. The van der Waals surface area contributed by atoms with Crippen LogP contribution in [0, 0.1) is 0 Å². The minimum absolute atomic E-state index is 0.0264. The normalized spacial score (nSPS) is 14.1. The second-order valence-corrected chi connectivity index (χ2v) is 10.3. The van der Waals surface area contributed by atoms with Crippen LogP contribution >= 0.6 is 11.8 Å². The number of hydrogen-bond donors (Lipinski definition) is 7. The van der Waals surface area contributed by atoms with Crippen molar-refractivity contribution in [3.63, 3.8) is 0 Å². The van der Waals surface area contributed by atoms with E-state index in [-0.39, 0.29) is 12.8 Å². The quantitative estimate of drug-likeness (QED) is 0.138. The Hall–Kier alpha value is -3.87. The molecule has 1 heterocycles. The lowest BCUT2D eigenvalue weighted by atomic mass is 10.0. The summed E-state index contributed by atoms with van der Waals surface area (Å²) in [5, 5.41) is 28.0. The number of aromatic amines is 1. The molecule has 4 unspecified atom stereocenters. The van der Waals surface area contributed by atoms with Gasteiger partial charge in [0.05, 0.1) is 12.6 Å². The number of hydrogen-bond acceptors (Lipinski definition) is 7. The molecule has 0 spiro atoms. The van der Waals surface area contributed by atoms with E-state index in [1.54, 1.807) is 36.5 Å². The fourth-order valence-corrected chi connectivity index (χ4v) is 4.66. The van der Waals surface area contributed by atoms with Crippen molar-refractivity contribution in [2.24, 2.45) is 5.73 Å². The maximum atomic E-state index is 13.4. The van der Waals surface area contributed by atoms with E-state index in [4.69, 9.17) is 5.73 Å². The highest BCUT2D eigenvalue weighted by atomic mass is 32.2. The number of amides is 3. The molecule has 214 valence electrons. The number of para-hydroxylation sites is 1. The summed E-state index contributed by atoms with van der Waals surface area (Å²) in [5.74, 6) is -2.71. The number of aliphatic hydroxyl groups is 1. The number of benzene rings is 2. The zero-order chi connectivity index (χ0) is 29.1. The molecule has 11 nitrogen and oxygen atoms in total. The van der Waals surface area contributed by atoms with Crippen molar-refractivity contribution >= 4 is 46.4 Å². The summed E-state index contributed by atoms with van der Waals surface area (Å²) >= 11 is 1.52. The number of aromatic nitrogens is 1. The molecule has 0 saturated heterocycles. The fraction of sp³-hybridized carbons (Fsp3) is 0.357. The standard InChI is InChI=1S/C28H35N5O6S/c1-40-12-11-20(29)25(35)33-24(16-34)27(37)31-22(14-18-15-30-21-10-6-5-9-19(18)21)26(36)32-23(28(38)39)13-17-7-3-2-4-8-17/h2-10,15,20,22-24,30,34H,11-14,16,29H2,1H3,(H,31,37)(H,32,36)(H,33,35)(H,38,39). The van der Waals surface area contributed by atoms with E-state index in [9.17, 15) is 29.4 Å². The first-order valence-electron chi connectivity index (χ1n) is 12.8. The highest BCUT2D eigenvalue weighted by Gasteiger charge is 2.31. The van der Waals surface area contributed by atoms with Crippen LogP contribution in [0.15, 0.2) is 60.8 Å². The van der Waals surface area contributed by atoms with Crippen LogP contribution in [-0.4, -0.2) is 81.7 Å². The maximum Gasteiger partial charge on any atom is 0.326 e. The molecule has 0 aliphatic heterocycles. The van der Waals surface area contributed by atoms with Gasteiger partial charge < -0.3 is 36.9 Å². The Morgan fingerprint density at radius 2 is 1.50 bits per heavy atom. The van der Waals surface area contributed by atoms with Gasteiger partial charge in [0.2, 0.25) is 17.7 Å². The molecule has 0 fully saturated rings. The minimum atomic E-state index is -1.36. The van der Waals surface area contributed by atoms with Gasteiger partial charge >= 0.3 is 5.97 Å². The lowest BCUT2D eigenvalue weighted by molar-refractivity contribution is -0.142. The number of carbonyl (C=O) groups excluding carboxylic acids is 3. The fourth-order valence-electron chi connectivity index (χ4n) is 4.17. The third kappa shape index (κ3) is 8.57. The van der Waals surface area contributed by atoms with Gasteiger partial charge in [0.25, 0.3) is 0 Å². The number of nitrogens with two attached hydrogens (primary N) is 1. The van der Waals surface area contributed by atoms with Crippen molar-refractivity contribution in [3.8, 4) is 0 Å². The number of carbonyl (C=O) groups is 4. The predicted octanol–water partition coefficient (Wildman–Crippen LogP) is 0.565. The van der Waals surface area contributed by atoms with Crippen LogP contribution in [0.3, 0.4) is 0 Å².